The van der Waals surface area contributed by atoms with Crippen LogP contribution in [0.1, 0.15) is 19.3 Å². The van der Waals surface area contributed by atoms with E-state index >= 15 is 0 Å². The maximum atomic E-state index is 5.99. The number of rotatable bonds is 3. The van der Waals surface area contributed by atoms with Gasteiger partial charge in [0.1, 0.15) is 0 Å². The van der Waals surface area contributed by atoms with Crippen LogP contribution in [-0.2, 0) is 0 Å². The van der Waals surface area contributed by atoms with Gasteiger partial charge in [-0.25, -0.2) is 0 Å². The van der Waals surface area contributed by atoms with Crippen LogP contribution >= 0.6 is 23.2 Å². The molecule has 1 heterocycles. The molecule has 17 heavy (non-hydrogen) atoms. The van der Waals surface area contributed by atoms with Crippen LogP contribution in [0, 0.1) is 0 Å². The Morgan fingerprint density at radius 2 is 1.76 bits per heavy atom. The molecule has 1 N–H and O–H groups in total. The Hall–Kier alpha value is -0.440. The Morgan fingerprint density at radius 3 is 2.41 bits per heavy atom. The lowest BCUT2D eigenvalue weighted by Crippen LogP contribution is -2.27. The van der Waals surface area contributed by atoms with Crippen molar-refractivity contribution in [2.75, 3.05) is 18.4 Å². The second kappa shape index (κ2) is 4.68. The molecular weight excluding hydrogens is 255 g/mol. The SMILES string of the molecule is Clc1cc(Cl)cc(NC2CCN(C3CC3)C2)c1. The summed E-state index contributed by atoms with van der Waals surface area (Å²) >= 11 is 12.0. The van der Waals surface area contributed by atoms with Crippen LogP contribution in [0.25, 0.3) is 0 Å². The van der Waals surface area contributed by atoms with Crippen molar-refractivity contribution in [3.8, 4) is 0 Å². The Morgan fingerprint density at radius 1 is 1.06 bits per heavy atom. The second-order valence-electron chi connectivity index (χ2n) is 5.01. The number of benzene rings is 1. The lowest BCUT2D eigenvalue weighted by molar-refractivity contribution is 0.326. The molecule has 1 unspecified atom stereocenters. The minimum Gasteiger partial charge on any atom is -0.381 e. The van der Waals surface area contributed by atoms with E-state index in [9.17, 15) is 0 Å². The molecule has 1 saturated carbocycles. The van der Waals surface area contributed by atoms with Crippen molar-refractivity contribution >= 4 is 28.9 Å². The van der Waals surface area contributed by atoms with E-state index in [2.05, 4.69) is 10.2 Å². The third-order valence-electron chi connectivity index (χ3n) is 3.52. The fourth-order valence-corrected chi connectivity index (χ4v) is 3.08. The van der Waals surface area contributed by atoms with Crippen LogP contribution in [0.5, 0.6) is 0 Å². The van der Waals surface area contributed by atoms with E-state index in [-0.39, 0.29) is 0 Å². The standard InChI is InChI=1S/C13H16Cl2N2/c14-9-5-10(15)7-12(6-9)16-11-3-4-17(8-11)13-1-2-13/h5-7,11,13,16H,1-4,8H2. The molecule has 1 aromatic carbocycles. The molecule has 1 saturated heterocycles. The minimum atomic E-state index is 0.533. The first-order chi connectivity index (χ1) is 8.20. The number of hydrogen-bond acceptors (Lipinski definition) is 2. The van der Waals surface area contributed by atoms with E-state index in [0.29, 0.717) is 16.1 Å². The van der Waals surface area contributed by atoms with Gasteiger partial charge < -0.3 is 5.32 Å². The predicted octanol–water partition coefficient (Wildman–Crippen LogP) is 3.64. The highest BCUT2D eigenvalue weighted by atomic mass is 35.5. The molecule has 3 rings (SSSR count). The second-order valence-corrected chi connectivity index (χ2v) is 5.89. The Bertz CT molecular complexity index is 398. The van der Waals surface area contributed by atoms with Crippen molar-refractivity contribution in [1.82, 2.24) is 4.90 Å². The smallest absolute Gasteiger partial charge is 0.0441 e. The first-order valence-corrected chi connectivity index (χ1v) is 6.93. The first kappa shape index (κ1) is 11.6. The molecule has 0 amide bonds. The molecule has 2 fully saturated rings. The van der Waals surface area contributed by atoms with Crippen molar-refractivity contribution < 1.29 is 0 Å². The summed E-state index contributed by atoms with van der Waals surface area (Å²) in [4.78, 5) is 2.59. The fraction of sp³-hybridized carbons (Fsp3) is 0.538. The normalized spacial score (nSPS) is 25.2. The molecule has 1 aromatic rings. The molecular formula is C13H16Cl2N2. The van der Waals surface area contributed by atoms with Crippen molar-refractivity contribution in [1.29, 1.82) is 0 Å². The van der Waals surface area contributed by atoms with Gasteiger partial charge in [0.15, 0.2) is 0 Å². The highest BCUT2D eigenvalue weighted by Gasteiger charge is 2.34. The molecule has 0 radical (unpaired) electrons. The fourth-order valence-electron chi connectivity index (χ4n) is 2.55. The quantitative estimate of drug-likeness (QED) is 0.902. The van der Waals surface area contributed by atoms with Gasteiger partial charge in [0.25, 0.3) is 0 Å². The van der Waals surface area contributed by atoms with Gasteiger partial charge in [-0.3, -0.25) is 4.90 Å². The largest absolute Gasteiger partial charge is 0.381 e. The van der Waals surface area contributed by atoms with Gasteiger partial charge in [-0.2, -0.15) is 0 Å². The summed E-state index contributed by atoms with van der Waals surface area (Å²) in [6.45, 7) is 2.37. The summed E-state index contributed by atoms with van der Waals surface area (Å²) in [5.41, 5.74) is 1.03. The summed E-state index contributed by atoms with van der Waals surface area (Å²) in [5, 5.41) is 4.91. The topological polar surface area (TPSA) is 15.3 Å². The van der Waals surface area contributed by atoms with Crippen molar-refractivity contribution in [2.24, 2.45) is 0 Å². The lowest BCUT2D eigenvalue weighted by atomic mass is 10.2. The molecule has 1 aliphatic carbocycles. The van der Waals surface area contributed by atoms with Crippen LogP contribution in [0.3, 0.4) is 0 Å². The number of hydrogen-bond donors (Lipinski definition) is 1. The van der Waals surface area contributed by atoms with E-state index in [1.807, 2.05) is 12.1 Å². The van der Waals surface area contributed by atoms with Gasteiger partial charge in [0.2, 0.25) is 0 Å². The zero-order valence-electron chi connectivity index (χ0n) is 9.63. The maximum absolute atomic E-state index is 5.99. The summed E-state index contributed by atoms with van der Waals surface area (Å²) in [6.07, 6.45) is 3.98. The van der Waals surface area contributed by atoms with Crippen molar-refractivity contribution in [3.05, 3.63) is 28.2 Å². The van der Waals surface area contributed by atoms with Crippen LogP contribution in [0.4, 0.5) is 5.69 Å². The third-order valence-corrected chi connectivity index (χ3v) is 3.95. The maximum Gasteiger partial charge on any atom is 0.0441 e. The van der Waals surface area contributed by atoms with Gasteiger partial charge in [-0.05, 0) is 37.5 Å². The van der Waals surface area contributed by atoms with Crippen molar-refractivity contribution in [2.45, 2.75) is 31.3 Å². The number of anilines is 1. The molecule has 1 atom stereocenters. The Kier molecular flexibility index (Phi) is 3.20. The molecule has 0 spiro atoms. The third kappa shape index (κ3) is 2.87. The average molecular weight is 271 g/mol. The Labute approximate surface area is 112 Å². The summed E-state index contributed by atoms with van der Waals surface area (Å²) in [6, 6.07) is 7.04. The van der Waals surface area contributed by atoms with Crippen LogP contribution in [-0.4, -0.2) is 30.1 Å². The zero-order chi connectivity index (χ0) is 11.8. The van der Waals surface area contributed by atoms with E-state index in [1.165, 1.54) is 25.8 Å². The first-order valence-electron chi connectivity index (χ1n) is 6.17. The summed E-state index contributed by atoms with van der Waals surface area (Å²) < 4.78 is 0. The molecule has 2 nitrogen and oxygen atoms in total. The van der Waals surface area contributed by atoms with E-state index in [4.69, 9.17) is 23.2 Å². The zero-order valence-corrected chi connectivity index (χ0v) is 11.1. The van der Waals surface area contributed by atoms with Crippen LogP contribution in [0.15, 0.2) is 18.2 Å². The van der Waals surface area contributed by atoms with E-state index in [1.54, 1.807) is 6.07 Å². The average Bonchev–Trinajstić information content (AvgIpc) is 2.99. The van der Waals surface area contributed by atoms with Crippen molar-refractivity contribution in [3.63, 3.8) is 0 Å². The highest BCUT2D eigenvalue weighted by molar-refractivity contribution is 6.35. The number of likely N-dealkylation sites (tertiary alicyclic amines) is 1. The number of nitrogens with zero attached hydrogens (tertiary/aromatic N) is 1. The molecule has 0 aromatic heterocycles. The molecule has 2 aliphatic rings. The summed E-state index contributed by atoms with van der Waals surface area (Å²) in [7, 11) is 0. The van der Waals surface area contributed by atoms with Gasteiger partial charge >= 0.3 is 0 Å². The molecule has 4 heteroatoms. The van der Waals surface area contributed by atoms with Crippen LogP contribution < -0.4 is 5.32 Å². The monoisotopic (exact) mass is 270 g/mol. The number of nitrogens with one attached hydrogen (secondary N) is 1. The van der Waals surface area contributed by atoms with Crippen LogP contribution in [0.2, 0.25) is 10.0 Å². The predicted molar refractivity (Wildman–Crippen MR) is 73.1 cm³/mol. The minimum absolute atomic E-state index is 0.533. The lowest BCUT2D eigenvalue weighted by Gasteiger charge is -2.17. The highest BCUT2D eigenvalue weighted by Crippen LogP contribution is 2.31. The Balaban J connectivity index is 1.62. The molecule has 92 valence electrons. The molecule has 1 aliphatic heterocycles. The molecule has 0 bridgehead atoms. The number of halogens is 2. The van der Waals surface area contributed by atoms with Gasteiger partial charge in [-0.1, -0.05) is 23.2 Å². The van der Waals surface area contributed by atoms with E-state index in [0.717, 1.165) is 18.3 Å². The van der Waals surface area contributed by atoms with Gasteiger partial charge in [0.05, 0.1) is 0 Å². The van der Waals surface area contributed by atoms with Gasteiger partial charge in [-0.15, -0.1) is 0 Å². The van der Waals surface area contributed by atoms with Gasteiger partial charge in [0, 0.05) is 40.9 Å². The summed E-state index contributed by atoms with van der Waals surface area (Å²) in [5.74, 6) is 0. The van der Waals surface area contributed by atoms with E-state index < -0.39 is 0 Å².